The van der Waals surface area contributed by atoms with Crippen LogP contribution in [0.25, 0.3) is 0 Å². The highest BCUT2D eigenvalue weighted by Crippen LogP contribution is 2.66. The van der Waals surface area contributed by atoms with Gasteiger partial charge in [0.2, 0.25) is 5.91 Å². The fraction of sp³-hybridized carbons (Fsp3) is 0.591. The molecule has 1 aliphatic carbocycles. The molecule has 1 aromatic rings. The van der Waals surface area contributed by atoms with Gasteiger partial charge in [0.05, 0.1) is 31.3 Å². The molecule has 1 saturated carbocycles. The minimum atomic E-state index is -0.0218. The molecule has 1 amide bonds. The number of carbonyl (C=O) groups excluding carboxylic acids is 1. The average molecular weight is 364 g/mol. The number of amides is 1. The molecule has 3 saturated heterocycles. The minimum absolute atomic E-state index is 0.00874. The van der Waals surface area contributed by atoms with Crippen LogP contribution in [0.1, 0.15) is 18.4 Å². The van der Waals surface area contributed by atoms with Gasteiger partial charge in [-0.3, -0.25) is 9.69 Å². The van der Waals surface area contributed by atoms with Crippen molar-refractivity contribution in [1.29, 1.82) is 0 Å². The molecule has 27 heavy (non-hydrogen) atoms. The van der Waals surface area contributed by atoms with E-state index >= 15 is 0 Å². The smallest absolute Gasteiger partial charge is 0.229 e. The summed E-state index contributed by atoms with van der Waals surface area (Å²) in [4.78, 5) is 18.1. The number of ether oxygens (including phenoxy) is 2. The van der Waals surface area contributed by atoms with Crippen molar-refractivity contribution >= 4 is 11.6 Å². The highest BCUT2D eigenvalue weighted by atomic mass is 16.5. The topological polar surface area (TPSA) is 42.0 Å². The van der Waals surface area contributed by atoms with Gasteiger partial charge < -0.3 is 14.4 Å². The Morgan fingerprint density at radius 2 is 2.15 bits per heavy atom. The first-order chi connectivity index (χ1) is 13.3. The third-order valence-electron chi connectivity index (χ3n) is 8.46. The van der Waals surface area contributed by atoms with Crippen LogP contribution in [0.4, 0.5) is 5.69 Å². The summed E-state index contributed by atoms with van der Waals surface area (Å²) in [5.41, 5.74) is 3.97. The Morgan fingerprint density at radius 1 is 1.26 bits per heavy atom. The van der Waals surface area contributed by atoms with Crippen molar-refractivity contribution < 1.29 is 14.3 Å². The standard InChI is InChI=1S/C22H24N2O3/c1-26-19-17-12-6-9-27-15-10-16(25)24-14-5-3-2-4-13(14)22(20(24)18(15)17)7-8-23(11-12)21(19)22/h2-6,15,17-21H,7-11H2,1H3/t15-,17-,18+,19+,20-,21-,22-/m0/s1. The highest BCUT2D eigenvalue weighted by Gasteiger charge is 2.74. The zero-order chi connectivity index (χ0) is 17.9. The largest absolute Gasteiger partial charge is 0.379 e. The lowest BCUT2D eigenvalue weighted by atomic mass is 9.52. The number of para-hydroxylation sites is 1. The number of carbonyl (C=O) groups is 1. The molecular formula is C22H24N2O3. The van der Waals surface area contributed by atoms with Crippen molar-refractivity contribution in [2.45, 2.75) is 42.5 Å². The van der Waals surface area contributed by atoms with Crippen LogP contribution in [0.5, 0.6) is 0 Å². The maximum Gasteiger partial charge on any atom is 0.229 e. The van der Waals surface area contributed by atoms with E-state index in [0.717, 1.165) is 25.2 Å². The molecule has 0 unspecified atom stereocenters. The SMILES string of the molecule is CO[C@@H]1[C@H]2C3=CCO[C@H]4CC(=O)N5c6ccccc6[C@@]6(CCN(C3)[C@@H]16)[C@@H]5[C@@H]24. The van der Waals surface area contributed by atoms with Gasteiger partial charge in [0.15, 0.2) is 0 Å². The summed E-state index contributed by atoms with van der Waals surface area (Å²) in [6, 6.07) is 9.20. The molecule has 4 fully saturated rings. The Bertz CT molecular complexity index is 897. The van der Waals surface area contributed by atoms with Gasteiger partial charge >= 0.3 is 0 Å². The van der Waals surface area contributed by atoms with Gasteiger partial charge in [-0.05, 0) is 24.6 Å². The van der Waals surface area contributed by atoms with Crippen molar-refractivity contribution in [2.75, 3.05) is 31.7 Å². The van der Waals surface area contributed by atoms with E-state index in [1.807, 2.05) is 7.11 Å². The molecule has 1 aromatic carbocycles. The fourth-order valence-electron chi connectivity index (χ4n) is 7.83. The molecule has 0 aromatic heterocycles. The van der Waals surface area contributed by atoms with Gasteiger partial charge in [0.1, 0.15) is 0 Å². The van der Waals surface area contributed by atoms with Gasteiger partial charge in [-0.1, -0.05) is 29.8 Å². The van der Waals surface area contributed by atoms with E-state index in [9.17, 15) is 4.79 Å². The number of anilines is 1. The van der Waals surface area contributed by atoms with Crippen LogP contribution in [-0.4, -0.2) is 61.9 Å². The lowest BCUT2D eigenvalue weighted by molar-refractivity contribution is -0.147. The van der Waals surface area contributed by atoms with Crippen molar-refractivity contribution in [2.24, 2.45) is 11.8 Å². The average Bonchev–Trinajstić information content (AvgIpc) is 3.15. The zero-order valence-corrected chi connectivity index (χ0v) is 15.5. The normalized spacial score (nSPS) is 46.2. The minimum Gasteiger partial charge on any atom is -0.379 e. The Balaban J connectivity index is 1.57. The summed E-state index contributed by atoms with van der Waals surface area (Å²) in [5.74, 6) is 0.927. The Hall–Kier alpha value is -1.69. The molecule has 5 aliphatic heterocycles. The molecule has 7 atom stereocenters. The number of piperidine rings is 2. The monoisotopic (exact) mass is 364 g/mol. The Labute approximate surface area is 158 Å². The lowest BCUT2D eigenvalue weighted by Crippen LogP contribution is -2.74. The third kappa shape index (κ3) is 1.52. The predicted octanol–water partition coefficient (Wildman–Crippen LogP) is 1.72. The second kappa shape index (κ2) is 4.83. The number of methoxy groups -OCH3 is 1. The van der Waals surface area contributed by atoms with Crippen LogP contribution in [0.2, 0.25) is 0 Å². The number of nitrogens with zero attached hydrogens (tertiary/aromatic N) is 2. The molecule has 7 rings (SSSR count). The number of hydrogen-bond donors (Lipinski definition) is 0. The third-order valence-corrected chi connectivity index (χ3v) is 8.46. The molecule has 5 heteroatoms. The maximum atomic E-state index is 13.3. The summed E-state index contributed by atoms with van der Waals surface area (Å²) in [5, 5.41) is 0. The van der Waals surface area contributed by atoms with Gasteiger partial charge in [0, 0.05) is 42.6 Å². The van der Waals surface area contributed by atoms with E-state index in [1.165, 1.54) is 11.1 Å². The number of hydrogen-bond acceptors (Lipinski definition) is 4. The van der Waals surface area contributed by atoms with Crippen LogP contribution in [0, 0.1) is 11.8 Å². The number of benzene rings is 1. The second-order valence-corrected chi connectivity index (χ2v) is 9.09. The first-order valence-corrected chi connectivity index (χ1v) is 10.2. The van der Waals surface area contributed by atoms with E-state index in [-0.39, 0.29) is 29.6 Å². The van der Waals surface area contributed by atoms with Crippen molar-refractivity contribution in [3.05, 3.63) is 41.5 Å². The van der Waals surface area contributed by atoms with Gasteiger partial charge in [-0.25, -0.2) is 0 Å². The fourth-order valence-corrected chi connectivity index (χ4v) is 7.83. The van der Waals surface area contributed by atoms with E-state index in [4.69, 9.17) is 9.47 Å². The maximum absolute atomic E-state index is 13.3. The molecule has 140 valence electrons. The number of fused-ring (bicyclic) bond motifs is 2. The van der Waals surface area contributed by atoms with Gasteiger partial charge in [-0.2, -0.15) is 0 Å². The summed E-state index contributed by atoms with van der Waals surface area (Å²) in [6.07, 6.45) is 4.07. The van der Waals surface area contributed by atoms with Crippen LogP contribution in [0.15, 0.2) is 35.9 Å². The van der Waals surface area contributed by atoms with Crippen molar-refractivity contribution in [1.82, 2.24) is 4.90 Å². The molecule has 2 bridgehead atoms. The molecular weight excluding hydrogens is 340 g/mol. The van der Waals surface area contributed by atoms with E-state index < -0.39 is 0 Å². The van der Waals surface area contributed by atoms with E-state index in [1.54, 1.807) is 0 Å². The summed E-state index contributed by atoms with van der Waals surface area (Å²) < 4.78 is 12.5. The second-order valence-electron chi connectivity index (χ2n) is 9.09. The van der Waals surface area contributed by atoms with Crippen molar-refractivity contribution in [3.8, 4) is 0 Å². The van der Waals surface area contributed by atoms with Gasteiger partial charge in [-0.15, -0.1) is 0 Å². The highest BCUT2D eigenvalue weighted by molar-refractivity contribution is 5.99. The van der Waals surface area contributed by atoms with Crippen LogP contribution < -0.4 is 4.90 Å². The van der Waals surface area contributed by atoms with E-state index in [2.05, 4.69) is 40.1 Å². The van der Waals surface area contributed by atoms with Gasteiger partial charge in [0.25, 0.3) is 0 Å². The van der Waals surface area contributed by atoms with Crippen LogP contribution in [-0.2, 0) is 19.7 Å². The van der Waals surface area contributed by atoms with Crippen LogP contribution in [0.3, 0.4) is 0 Å². The van der Waals surface area contributed by atoms with E-state index in [0.29, 0.717) is 30.9 Å². The summed E-state index contributed by atoms with van der Waals surface area (Å²) >= 11 is 0. The number of rotatable bonds is 1. The predicted molar refractivity (Wildman–Crippen MR) is 99.6 cm³/mol. The first kappa shape index (κ1) is 15.3. The lowest BCUT2D eigenvalue weighted by Gasteiger charge is -2.61. The quantitative estimate of drug-likeness (QED) is 0.712. The first-order valence-electron chi connectivity index (χ1n) is 10.2. The van der Waals surface area contributed by atoms with Crippen molar-refractivity contribution in [3.63, 3.8) is 0 Å². The van der Waals surface area contributed by atoms with Crippen LogP contribution >= 0.6 is 0 Å². The summed E-state index contributed by atoms with van der Waals surface area (Å²) in [7, 11) is 1.88. The molecule has 0 radical (unpaired) electrons. The molecule has 6 aliphatic rings. The molecule has 5 heterocycles. The molecule has 5 nitrogen and oxygen atoms in total. The Morgan fingerprint density at radius 3 is 3.04 bits per heavy atom. The molecule has 1 spiro atoms. The zero-order valence-electron chi connectivity index (χ0n) is 15.5. The Kier molecular flexibility index (Phi) is 2.73. The molecule has 0 N–H and O–H groups in total. The summed E-state index contributed by atoms with van der Waals surface area (Å²) in [6.45, 7) is 2.74.